The van der Waals surface area contributed by atoms with Crippen molar-refractivity contribution in [1.29, 1.82) is 0 Å². The van der Waals surface area contributed by atoms with Gasteiger partial charge in [-0.25, -0.2) is 9.18 Å². The van der Waals surface area contributed by atoms with Crippen LogP contribution in [0.4, 0.5) is 14.9 Å². The van der Waals surface area contributed by atoms with Gasteiger partial charge in [-0.15, -0.1) is 0 Å². The highest BCUT2D eigenvalue weighted by atomic mass is 19.1. The fourth-order valence-electron chi connectivity index (χ4n) is 3.65. The van der Waals surface area contributed by atoms with Crippen LogP contribution < -0.4 is 10.2 Å². The Bertz CT molecular complexity index is 1010. The third-order valence-corrected chi connectivity index (χ3v) is 5.23. The molecule has 156 valence electrons. The second-order valence-electron chi connectivity index (χ2n) is 7.42. The fraction of sp³-hybridized carbons (Fsp3) is 0.318. The van der Waals surface area contributed by atoms with Crippen LogP contribution in [-0.2, 0) is 9.53 Å². The Hall–Kier alpha value is -3.42. The van der Waals surface area contributed by atoms with Crippen molar-refractivity contribution >= 4 is 23.5 Å². The van der Waals surface area contributed by atoms with Crippen LogP contribution in [0.3, 0.4) is 0 Å². The summed E-state index contributed by atoms with van der Waals surface area (Å²) in [5.74, 6) is 0.324. The van der Waals surface area contributed by atoms with Crippen molar-refractivity contribution < 1.29 is 18.7 Å². The number of rotatable bonds is 5. The zero-order chi connectivity index (χ0) is 21.3. The summed E-state index contributed by atoms with van der Waals surface area (Å²) < 4.78 is 20.1. The molecule has 1 fully saturated rings. The zero-order valence-electron chi connectivity index (χ0n) is 16.9. The van der Waals surface area contributed by atoms with Gasteiger partial charge in [0.1, 0.15) is 17.8 Å². The Morgan fingerprint density at radius 3 is 2.60 bits per heavy atom. The summed E-state index contributed by atoms with van der Waals surface area (Å²) in [6.45, 7) is 3.56. The van der Waals surface area contributed by atoms with Crippen LogP contribution in [0.1, 0.15) is 12.5 Å². The van der Waals surface area contributed by atoms with E-state index in [2.05, 4.69) is 15.2 Å². The van der Waals surface area contributed by atoms with Gasteiger partial charge in [0.25, 0.3) is 0 Å². The smallest absolute Gasteiger partial charge is 0.414 e. The van der Waals surface area contributed by atoms with E-state index in [1.807, 2.05) is 31.3 Å². The summed E-state index contributed by atoms with van der Waals surface area (Å²) in [5, 5.41) is 2.62. The molecule has 7 nitrogen and oxygen atoms in total. The van der Waals surface area contributed by atoms with E-state index in [1.165, 1.54) is 17.9 Å². The average molecular weight is 410 g/mol. The number of benzene rings is 2. The van der Waals surface area contributed by atoms with Gasteiger partial charge in [0, 0.05) is 31.6 Å². The molecule has 0 saturated carbocycles. The Labute approximate surface area is 174 Å². The molecule has 0 bridgehead atoms. The predicted molar refractivity (Wildman–Crippen MR) is 112 cm³/mol. The Kier molecular flexibility index (Phi) is 5.39. The molecule has 1 saturated heterocycles. The highest BCUT2D eigenvalue weighted by Crippen LogP contribution is 2.29. The van der Waals surface area contributed by atoms with Crippen molar-refractivity contribution in [2.75, 3.05) is 38.1 Å². The number of nitrogens with one attached hydrogen (secondary N) is 1. The second kappa shape index (κ2) is 8.14. The first-order valence-electron chi connectivity index (χ1n) is 9.81. The molecule has 2 aromatic carbocycles. The molecule has 8 heteroatoms. The van der Waals surface area contributed by atoms with E-state index in [-0.39, 0.29) is 19.0 Å². The van der Waals surface area contributed by atoms with Crippen molar-refractivity contribution in [3.8, 4) is 11.1 Å². The molecular weight excluding hydrogens is 387 g/mol. The van der Waals surface area contributed by atoms with Crippen LogP contribution in [-0.4, -0.2) is 62.1 Å². The number of halogens is 1. The molecule has 2 heterocycles. The fourth-order valence-corrected chi connectivity index (χ4v) is 3.65. The third kappa shape index (κ3) is 3.98. The quantitative estimate of drug-likeness (QED) is 0.823. The predicted octanol–water partition coefficient (Wildman–Crippen LogP) is 2.65. The van der Waals surface area contributed by atoms with Gasteiger partial charge in [-0.1, -0.05) is 24.3 Å². The highest BCUT2D eigenvalue weighted by molar-refractivity contribution is 6.00. The summed E-state index contributed by atoms with van der Waals surface area (Å²) in [4.78, 5) is 31.1. The van der Waals surface area contributed by atoms with E-state index >= 15 is 0 Å². The molecule has 1 atom stereocenters. The topological polar surface area (TPSA) is 74.2 Å². The number of carbonyl (C=O) groups excluding carboxylic acids is 2. The molecule has 1 N–H and O–H groups in total. The first kappa shape index (κ1) is 19.9. The van der Waals surface area contributed by atoms with E-state index in [0.717, 1.165) is 30.1 Å². The monoisotopic (exact) mass is 410 g/mol. The van der Waals surface area contributed by atoms with E-state index < -0.39 is 18.0 Å². The van der Waals surface area contributed by atoms with Crippen LogP contribution in [0.5, 0.6) is 0 Å². The van der Waals surface area contributed by atoms with Crippen LogP contribution in [0.2, 0.25) is 0 Å². The molecule has 0 aliphatic carbocycles. The van der Waals surface area contributed by atoms with Crippen molar-refractivity contribution in [1.82, 2.24) is 10.2 Å². The van der Waals surface area contributed by atoms with Crippen molar-refractivity contribution in [2.24, 2.45) is 4.99 Å². The SMILES string of the molecule is CC(=O)NC[C@H]1CN(c2ccc(-c3ccc(C4=NCCN4C)cc3)c(F)c2)C(=O)O1. The van der Waals surface area contributed by atoms with Crippen molar-refractivity contribution in [2.45, 2.75) is 13.0 Å². The number of hydrogen-bond donors (Lipinski definition) is 1. The van der Waals surface area contributed by atoms with E-state index in [1.54, 1.807) is 12.1 Å². The highest BCUT2D eigenvalue weighted by Gasteiger charge is 2.32. The van der Waals surface area contributed by atoms with E-state index in [4.69, 9.17) is 4.74 Å². The lowest BCUT2D eigenvalue weighted by Gasteiger charge is -2.15. The summed E-state index contributed by atoms with van der Waals surface area (Å²) in [7, 11) is 2.00. The lowest BCUT2D eigenvalue weighted by molar-refractivity contribution is -0.119. The zero-order valence-corrected chi connectivity index (χ0v) is 16.9. The van der Waals surface area contributed by atoms with Gasteiger partial charge in [0.05, 0.1) is 25.3 Å². The first-order valence-corrected chi connectivity index (χ1v) is 9.81. The number of likely N-dealkylation sites (N-methyl/N-ethyl adjacent to an activating group) is 1. The second-order valence-corrected chi connectivity index (χ2v) is 7.42. The summed E-state index contributed by atoms with van der Waals surface area (Å²) in [5.41, 5.74) is 2.62. The van der Waals surface area contributed by atoms with E-state index in [0.29, 0.717) is 11.3 Å². The number of nitrogens with zero attached hydrogens (tertiary/aromatic N) is 3. The van der Waals surface area contributed by atoms with Crippen molar-refractivity contribution in [3.05, 3.63) is 53.8 Å². The maximum atomic E-state index is 14.9. The normalized spacial score (nSPS) is 18.4. The number of amidine groups is 1. The molecule has 4 rings (SSSR count). The maximum Gasteiger partial charge on any atom is 0.414 e. The van der Waals surface area contributed by atoms with Gasteiger partial charge in [-0.2, -0.15) is 0 Å². The molecule has 2 aliphatic rings. The van der Waals surface area contributed by atoms with Crippen LogP contribution >= 0.6 is 0 Å². The average Bonchev–Trinajstić information content (AvgIpc) is 3.32. The number of aliphatic imine (C=N–C) groups is 1. The van der Waals surface area contributed by atoms with Gasteiger partial charge in [-0.3, -0.25) is 14.7 Å². The van der Waals surface area contributed by atoms with Gasteiger partial charge in [0.2, 0.25) is 5.91 Å². The lowest BCUT2D eigenvalue weighted by atomic mass is 10.0. The number of cyclic esters (lactones) is 1. The molecular formula is C22H23FN4O3. The molecule has 0 radical (unpaired) electrons. The molecule has 2 aromatic rings. The molecule has 0 unspecified atom stereocenters. The number of carbonyl (C=O) groups is 2. The number of amides is 2. The minimum Gasteiger partial charge on any atom is -0.442 e. The third-order valence-electron chi connectivity index (χ3n) is 5.23. The largest absolute Gasteiger partial charge is 0.442 e. The van der Waals surface area contributed by atoms with Crippen LogP contribution in [0, 0.1) is 5.82 Å². The Morgan fingerprint density at radius 1 is 1.23 bits per heavy atom. The van der Waals surface area contributed by atoms with Crippen LogP contribution in [0.15, 0.2) is 47.5 Å². The molecule has 0 spiro atoms. The van der Waals surface area contributed by atoms with Gasteiger partial charge < -0.3 is 15.0 Å². The van der Waals surface area contributed by atoms with E-state index in [9.17, 15) is 14.0 Å². The first-order chi connectivity index (χ1) is 14.4. The number of anilines is 1. The molecule has 0 aromatic heterocycles. The Morgan fingerprint density at radius 2 is 1.97 bits per heavy atom. The Balaban J connectivity index is 1.50. The minimum absolute atomic E-state index is 0.197. The number of hydrogen-bond acceptors (Lipinski definition) is 5. The van der Waals surface area contributed by atoms with Gasteiger partial charge in [-0.05, 0) is 23.8 Å². The van der Waals surface area contributed by atoms with Crippen LogP contribution in [0.25, 0.3) is 11.1 Å². The summed E-state index contributed by atoms with van der Waals surface area (Å²) in [6, 6.07) is 12.3. The minimum atomic E-state index is -0.552. The standard InChI is InChI=1S/C22H23FN4O3/c1-14(28)25-12-18-13-27(22(29)30-18)17-7-8-19(20(23)11-17)15-3-5-16(6-4-15)21-24-9-10-26(21)2/h3-8,11,18H,9-10,12-13H2,1-2H3,(H,25,28)/t18-/m0/s1. The van der Waals surface area contributed by atoms with Gasteiger partial charge in [0.15, 0.2) is 0 Å². The lowest BCUT2D eigenvalue weighted by Crippen LogP contribution is -2.33. The molecule has 2 amide bonds. The molecule has 30 heavy (non-hydrogen) atoms. The summed E-state index contributed by atoms with van der Waals surface area (Å²) in [6.07, 6.45) is -1.02. The summed E-state index contributed by atoms with van der Waals surface area (Å²) >= 11 is 0. The number of ether oxygens (including phenoxy) is 1. The van der Waals surface area contributed by atoms with Gasteiger partial charge >= 0.3 is 6.09 Å². The van der Waals surface area contributed by atoms with Crippen molar-refractivity contribution in [3.63, 3.8) is 0 Å². The molecule has 2 aliphatic heterocycles. The maximum absolute atomic E-state index is 14.9.